The highest BCUT2D eigenvalue weighted by molar-refractivity contribution is 7.89. The molecule has 160 valence electrons. The number of hydrogen-bond acceptors (Lipinski definition) is 6. The fourth-order valence-electron chi connectivity index (χ4n) is 2.78. The van der Waals surface area contributed by atoms with Crippen LogP contribution < -0.4 is 19.9 Å². The molecule has 1 aromatic rings. The van der Waals surface area contributed by atoms with Gasteiger partial charge in [0.2, 0.25) is 15.9 Å². The Labute approximate surface area is 173 Å². The van der Waals surface area contributed by atoms with Gasteiger partial charge in [0.15, 0.2) is 11.5 Å². The quantitative estimate of drug-likeness (QED) is 0.669. The molecule has 1 unspecified atom stereocenters. The van der Waals surface area contributed by atoms with E-state index in [1.54, 1.807) is 13.1 Å². The fourth-order valence-corrected chi connectivity index (χ4v) is 3.99. The summed E-state index contributed by atoms with van der Waals surface area (Å²) in [5.74, 6) is 0.574. The van der Waals surface area contributed by atoms with E-state index in [0.29, 0.717) is 37.8 Å². The Balaban J connectivity index is 0.00000392. The number of fused-ring (bicyclic) bond motifs is 1. The molecule has 1 amide bonds. The summed E-state index contributed by atoms with van der Waals surface area (Å²) in [6.07, 6.45) is 0.728. The molecule has 0 saturated carbocycles. The molecule has 10 heteroatoms. The van der Waals surface area contributed by atoms with E-state index in [9.17, 15) is 13.2 Å². The van der Waals surface area contributed by atoms with Crippen molar-refractivity contribution in [3.8, 4) is 11.5 Å². The minimum absolute atomic E-state index is 0. The average Bonchev–Trinajstić information content (AvgIpc) is 2.84. The Bertz CT molecular complexity index is 785. The van der Waals surface area contributed by atoms with Crippen LogP contribution in [-0.4, -0.2) is 58.6 Å². The third-order valence-electron chi connectivity index (χ3n) is 4.33. The fraction of sp³-hybridized carbons (Fsp3) is 0.611. The van der Waals surface area contributed by atoms with E-state index in [0.717, 1.165) is 6.42 Å². The highest BCUT2D eigenvalue weighted by Crippen LogP contribution is 2.31. The van der Waals surface area contributed by atoms with E-state index in [2.05, 4.69) is 4.72 Å². The summed E-state index contributed by atoms with van der Waals surface area (Å²) in [5.41, 5.74) is 5.45. The maximum absolute atomic E-state index is 12.7. The maximum Gasteiger partial charge on any atom is 0.241 e. The largest absolute Gasteiger partial charge is 0.490 e. The van der Waals surface area contributed by atoms with Crippen LogP contribution in [0.1, 0.15) is 27.2 Å². The number of carbonyl (C=O) groups excluding carboxylic acids is 1. The van der Waals surface area contributed by atoms with Gasteiger partial charge in [-0.15, -0.1) is 12.4 Å². The van der Waals surface area contributed by atoms with Crippen molar-refractivity contribution < 1.29 is 22.7 Å². The lowest BCUT2D eigenvalue weighted by molar-refractivity contribution is -0.132. The second-order valence-corrected chi connectivity index (χ2v) is 9.28. The molecule has 1 heterocycles. The number of benzene rings is 1. The lowest BCUT2D eigenvalue weighted by atomic mass is 9.93. The van der Waals surface area contributed by atoms with Crippen LogP contribution in [0.4, 0.5) is 0 Å². The molecular formula is C18H30ClN3O5S. The number of rotatable bonds is 7. The van der Waals surface area contributed by atoms with Crippen LogP contribution in [0.3, 0.4) is 0 Å². The Morgan fingerprint density at radius 2 is 1.89 bits per heavy atom. The standard InChI is InChI=1S/C18H29N3O5S.ClH/c1-13(17(22)21(4)12-18(2,3)11-19)20-27(23,24)14-6-7-15-16(10-14)26-9-5-8-25-15;/h6-7,10,13,20H,5,8-9,11-12,19H2,1-4H3;1H. The van der Waals surface area contributed by atoms with Crippen molar-refractivity contribution in [3.63, 3.8) is 0 Å². The van der Waals surface area contributed by atoms with Gasteiger partial charge in [-0.3, -0.25) is 4.79 Å². The first-order valence-corrected chi connectivity index (χ1v) is 10.4. The Kier molecular flexibility index (Phi) is 8.55. The molecule has 2 rings (SSSR count). The summed E-state index contributed by atoms with van der Waals surface area (Å²) >= 11 is 0. The first kappa shape index (κ1) is 24.5. The van der Waals surface area contributed by atoms with Crippen LogP contribution in [0.2, 0.25) is 0 Å². The van der Waals surface area contributed by atoms with E-state index >= 15 is 0 Å². The van der Waals surface area contributed by atoms with Crippen LogP contribution in [0, 0.1) is 5.41 Å². The third kappa shape index (κ3) is 6.23. The summed E-state index contributed by atoms with van der Waals surface area (Å²) < 4.78 is 38.9. The zero-order valence-electron chi connectivity index (χ0n) is 16.7. The van der Waals surface area contributed by atoms with Crippen molar-refractivity contribution in [1.29, 1.82) is 0 Å². The predicted molar refractivity (Wildman–Crippen MR) is 110 cm³/mol. The highest BCUT2D eigenvalue weighted by atomic mass is 35.5. The lowest BCUT2D eigenvalue weighted by Crippen LogP contribution is -2.48. The molecular weight excluding hydrogens is 406 g/mol. The third-order valence-corrected chi connectivity index (χ3v) is 5.86. The van der Waals surface area contributed by atoms with Crippen LogP contribution in [0.5, 0.6) is 11.5 Å². The molecule has 0 aliphatic carbocycles. The van der Waals surface area contributed by atoms with Gasteiger partial charge in [-0.1, -0.05) is 13.8 Å². The van der Waals surface area contributed by atoms with Crippen LogP contribution in [0.15, 0.2) is 23.1 Å². The summed E-state index contributed by atoms with van der Waals surface area (Å²) in [7, 11) is -2.25. The van der Waals surface area contributed by atoms with Crippen LogP contribution in [-0.2, 0) is 14.8 Å². The number of likely N-dealkylation sites (N-methyl/N-ethyl adjacent to an activating group) is 1. The van der Waals surface area contributed by atoms with Gasteiger partial charge >= 0.3 is 0 Å². The molecule has 0 spiro atoms. The molecule has 3 N–H and O–H groups in total. The molecule has 1 aliphatic heterocycles. The predicted octanol–water partition coefficient (Wildman–Crippen LogP) is 1.38. The number of nitrogens with two attached hydrogens (primary N) is 1. The second-order valence-electron chi connectivity index (χ2n) is 7.56. The van der Waals surface area contributed by atoms with Crippen molar-refractivity contribution in [2.45, 2.75) is 38.1 Å². The number of ether oxygens (including phenoxy) is 2. The number of halogens is 1. The van der Waals surface area contributed by atoms with E-state index in [-0.39, 0.29) is 28.6 Å². The molecule has 0 saturated heterocycles. The maximum atomic E-state index is 12.7. The minimum Gasteiger partial charge on any atom is -0.490 e. The molecule has 1 aliphatic rings. The summed E-state index contributed by atoms with van der Waals surface area (Å²) in [6, 6.07) is 3.51. The molecule has 28 heavy (non-hydrogen) atoms. The summed E-state index contributed by atoms with van der Waals surface area (Å²) in [6.45, 7) is 7.25. The molecule has 1 atom stereocenters. The average molecular weight is 436 g/mol. The number of hydrogen-bond donors (Lipinski definition) is 2. The Morgan fingerprint density at radius 1 is 1.29 bits per heavy atom. The number of amides is 1. The van der Waals surface area contributed by atoms with Crippen molar-refractivity contribution in [1.82, 2.24) is 9.62 Å². The number of nitrogens with one attached hydrogen (secondary N) is 1. The summed E-state index contributed by atoms with van der Waals surface area (Å²) in [5, 5.41) is 0. The summed E-state index contributed by atoms with van der Waals surface area (Å²) in [4.78, 5) is 14.1. The zero-order chi connectivity index (χ0) is 20.2. The zero-order valence-corrected chi connectivity index (χ0v) is 18.4. The Hall–Kier alpha value is -1.55. The number of sulfonamides is 1. The second kappa shape index (κ2) is 9.78. The SMILES string of the molecule is CC(NS(=O)(=O)c1ccc2c(c1)OCCCO2)C(=O)N(C)CC(C)(C)CN.Cl. The van der Waals surface area contributed by atoms with E-state index in [1.165, 1.54) is 24.0 Å². The Morgan fingerprint density at radius 3 is 2.50 bits per heavy atom. The van der Waals surface area contributed by atoms with Gasteiger partial charge in [0.25, 0.3) is 0 Å². The number of carbonyl (C=O) groups is 1. The lowest BCUT2D eigenvalue weighted by Gasteiger charge is -2.30. The molecule has 0 radical (unpaired) electrons. The van der Waals surface area contributed by atoms with Crippen molar-refractivity contribution in [3.05, 3.63) is 18.2 Å². The van der Waals surface area contributed by atoms with E-state index in [1.807, 2.05) is 13.8 Å². The van der Waals surface area contributed by atoms with Gasteiger partial charge in [-0.05, 0) is 31.0 Å². The van der Waals surface area contributed by atoms with Gasteiger partial charge < -0.3 is 20.1 Å². The molecule has 8 nitrogen and oxygen atoms in total. The van der Waals surface area contributed by atoms with Gasteiger partial charge in [-0.25, -0.2) is 8.42 Å². The van der Waals surface area contributed by atoms with Crippen LogP contribution >= 0.6 is 12.4 Å². The molecule has 0 aromatic heterocycles. The van der Waals surface area contributed by atoms with Gasteiger partial charge in [0.1, 0.15) is 0 Å². The normalized spacial score (nSPS) is 15.2. The van der Waals surface area contributed by atoms with E-state index < -0.39 is 16.1 Å². The topological polar surface area (TPSA) is 111 Å². The van der Waals surface area contributed by atoms with Gasteiger partial charge in [-0.2, -0.15) is 4.72 Å². The molecule has 1 aromatic carbocycles. The molecule has 0 bridgehead atoms. The first-order chi connectivity index (χ1) is 12.6. The van der Waals surface area contributed by atoms with Crippen molar-refractivity contribution >= 4 is 28.3 Å². The van der Waals surface area contributed by atoms with E-state index in [4.69, 9.17) is 15.2 Å². The monoisotopic (exact) mass is 435 g/mol. The highest BCUT2D eigenvalue weighted by Gasteiger charge is 2.28. The minimum atomic E-state index is -3.89. The smallest absolute Gasteiger partial charge is 0.241 e. The number of nitrogens with zero attached hydrogens (tertiary/aromatic N) is 1. The van der Waals surface area contributed by atoms with Gasteiger partial charge in [0, 0.05) is 26.1 Å². The first-order valence-electron chi connectivity index (χ1n) is 8.93. The molecule has 0 fully saturated rings. The van der Waals surface area contributed by atoms with Crippen LogP contribution in [0.25, 0.3) is 0 Å². The van der Waals surface area contributed by atoms with Gasteiger partial charge in [0.05, 0.1) is 24.2 Å². The van der Waals surface area contributed by atoms with Crippen molar-refractivity contribution in [2.24, 2.45) is 11.1 Å². The van der Waals surface area contributed by atoms with Crippen molar-refractivity contribution in [2.75, 3.05) is 33.4 Å².